The average molecular weight is 246 g/mol. The molecule has 1 fully saturated rings. The number of carbonyl (C=O) groups excluding carboxylic acids is 1. The molecule has 2 aromatic heterocycles. The summed E-state index contributed by atoms with van der Waals surface area (Å²) in [6, 6.07) is 0. The molecule has 7 heteroatoms. The van der Waals surface area contributed by atoms with Gasteiger partial charge in [-0.3, -0.25) is 9.69 Å². The van der Waals surface area contributed by atoms with Crippen molar-refractivity contribution in [1.29, 1.82) is 0 Å². The van der Waals surface area contributed by atoms with Gasteiger partial charge in [-0.15, -0.1) is 0 Å². The molecule has 1 aliphatic rings. The molecule has 1 saturated heterocycles. The Balaban J connectivity index is 1.83. The third-order valence-corrected chi connectivity index (χ3v) is 3.21. The van der Waals surface area contributed by atoms with Gasteiger partial charge in [-0.1, -0.05) is 0 Å². The first-order valence-electron chi connectivity index (χ1n) is 5.79. The quantitative estimate of drug-likeness (QED) is 0.769. The van der Waals surface area contributed by atoms with E-state index in [0.29, 0.717) is 12.5 Å². The summed E-state index contributed by atoms with van der Waals surface area (Å²) in [6.07, 6.45) is 3.33. The van der Waals surface area contributed by atoms with Crippen molar-refractivity contribution in [3.8, 4) is 0 Å². The number of aromatic nitrogens is 4. The number of aryl methyl sites for hydroxylation is 1. The van der Waals surface area contributed by atoms with Crippen LogP contribution in [0.3, 0.4) is 0 Å². The predicted molar refractivity (Wildman–Crippen MR) is 64.7 cm³/mol. The highest BCUT2D eigenvalue weighted by Crippen LogP contribution is 2.29. The zero-order valence-corrected chi connectivity index (χ0v) is 10.1. The van der Waals surface area contributed by atoms with Gasteiger partial charge in [0.15, 0.2) is 5.65 Å². The van der Waals surface area contributed by atoms with Crippen LogP contribution in [0.1, 0.15) is 11.6 Å². The Hall–Kier alpha value is -2.02. The van der Waals surface area contributed by atoms with Crippen LogP contribution in [0.25, 0.3) is 11.2 Å². The highest BCUT2D eigenvalue weighted by atomic mass is 16.1. The lowest BCUT2D eigenvalue weighted by molar-refractivity contribution is -0.120. The number of nitrogens with zero attached hydrogens (tertiary/aromatic N) is 5. The largest absolute Gasteiger partial charge is 0.369 e. The van der Waals surface area contributed by atoms with E-state index in [2.05, 4.69) is 15.1 Å². The van der Waals surface area contributed by atoms with Crippen molar-refractivity contribution in [2.45, 2.75) is 5.92 Å². The van der Waals surface area contributed by atoms with E-state index in [-0.39, 0.29) is 5.91 Å². The van der Waals surface area contributed by atoms with E-state index in [1.54, 1.807) is 17.1 Å². The van der Waals surface area contributed by atoms with Gasteiger partial charge in [-0.25, -0.2) is 14.6 Å². The van der Waals surface area contributed by atoms with Crippen LogP contribution in [0.4, 0.5) is 0 Å². The lowest BCUT2D eigenvalue weighted by Crippen LogP contribution is -2.48. The molecule has 18 heavy (non-hydrogen) atoms. The van der Waals surface area contributed by atoms with Crippen LogP contribution >= 0.6 is 0 Å². The number of primary amides is 1. The molecule has 0 atom stereocenters. The SMILES string of the molecule is Cn1nc(C2CN(CC(N)=O)C2)c2nccnc21. The third kappa shape index (κ3) is 1.72. The number of hydrogen-bond acceptors (Lipinski definition) is 5. The lowest BCUT2D eigenvalue weighted by atomic mass is 9.96. The van der Waals surface area contributed by atoms with Crippen molar-refractivity contribution in [3.63, 3.8) is 0 Å². The summed E-state index contributed by atoms with van der Waals surface area (Å²) in [7, 11) is 1.86. The van der Waals surface area contributed by atoms with E-state index >= 15 is 0 Å². The zero-order valence-electron chi connectivity index (χ0n) is 10.1. The molecule has 2 N–H and O–H groups in total. The summed E-state index contributed by atoms with van der Waals surface area (Å²) in [6.45, 7) is 1.91. The molecule has 0 spiro atoms. The maximum atomic E-state index is 10.8. The van der Waals surface area contributed by atoms with E-state index in [1.165, 1.54) is 0 Å². The van der Waals surface area contributed by atoms with E-state index in [1.807, 2.05) is 11.9 Å². The minimum absolute atomic E-state index is 0.292. The first-order chi connectivity index (χ1) is 8.65. The van der Waals surface area contributed by atoms with Crippen LogP contribution in [-0.2, 0) is 11.8 Å². The van der Waals surface area contributed by atoms with Gasteiger partial charge in [0.25, 0.3) is 0 Å². The molecule has 3 heterocycles. The van der Waals surface area contributed by atoms with Crippen LogP contribution < -0.4 is 5.73 Å². The zero-order chi connectivity index (χ0) is 12.7. The minimum atomic E-state index is -0.292. The van der Waals surface area contributed by atoms with Gasteiger partial charge in [0.05, 0.1) is 12.2 Å². The van der Waals surface area contributed by atoms with Gasteiger partial charge < -0.3 is 5.73 Å². The van der Waals surface area contributed by atoms with Crippen molar-refractivity contribution in [2.24, 2.45) is 12.8 Å². The standard InChI is InChI=1S/C11H14N6O/c1-16-11-10(13-2-3-14-11)9(15-16)7-4-17(5-7)6-8(12)18/h2-3,7H,4-6H2,1H3,(H2,12,18). The van der Waals surface area contributed by atoms with Crippen molar-refractivity contribution < 1.29 is 4.79 Å². The Morgan fingerprint density at radius 3 is 2.89 bits per heavy atom. The van der Waals surface area contributed by atoms with Crippen LogP contribution in [0, 0.1) is 0 Å². The van der Waals surface area contributed by atoms with Crippen LogP contribution in [0.15, 0.2) is 12.4 Å². The van der Waals surface area contributed by atoms with Crippen LogP contribution in [-0.4, -0.2) is 50.2 Å². The molecule has 1 aliphatic heterocycles. The molecular weight excluding hydrogens is 232 g/mol. The van der Waals surface area contributed by atoms with Crippen molar-refractivity contribution in [1.82, 2.24) is 24.6 Å². The van der Waals surface area contributed by atoms with Crippen LogP contribution in [0.2, 0.25) is 0 Å². The fourth-order valence-electron chi connectivity index (χ4n) is 2.37. The maximum Gasteiger partial charge on any atom is 0.231 e. The molecule has 3 rings (SSSR count). The number of fused-ring (bicyclic) bond motifs is 1. The number of rotatable bonds is 3. The van der Waals surface area contributed by atoms with Gasteiger partial charge in [-0.2, -0.15) is 5.10 Å². The van der Waals surface area contributed by atoms with Crippen molar-refractivity contribution in [2.75, 3.05) is 19.6 Å². The third-order valence-electron chi connectivity index (χ3n) is 3.21. The molecule has 0 bridgehead atoms. The molecule has 0 radical (unpaired) electrons. The summed E-state index contributed by atoms with van der Waals surface area (Å²) in [5.41, 5.74) is 7.76. The second-order valence-corrected chi connectivity index (χ2v) is 4.59. The maximum absolute atomic E-state index is 10.8. The summed E-state index contributed by atoms with van der Waals surface area (Å²) in [5.74, 6) is 0.0175. The van der Waals surface area contributed by atoms with Crippen molar-refractivity contribution >= 4 is 17.1 Å². The Kier molecular flexibility index (Phi) is 2.48. The summed E-state index contributed by atoms with van der Waals surface area (Å²) >= 11 is 0. The number of carbonyl (C=O) groups is 1. The number of hydrogen-bond donors (Lipinski definition) is 1. The number of amides is 1. The smallest absolute Gasteiger partial charge is 0.231 e. The lowest BCUT2D eigenvalue weighted by Gasteiger charge is -2.37. The molecule has 2 aromatic rings. The summed E-state index contributed by atoms with van der Waals surface area (Å²) in [4.78, 5) is 21.4. The van der Waals surface area contributed by atoms with Crippen LogP contribution in [0.5, 0.6) is 0 Å². The predicted octanol–water partition coefficient (Wildman–Crippen LogP) is -0.752. The summed E-state index contributed by atoms with van der Waals surface area (Å²) < 4.78 is 1.74. The molecule has 7 nitrogen and oxygen atoms in total. The second kappa shape index (κ2) is 4.02. The van der Waals surface area contributed by atoms with E-state index in [0.717, 1.165) is 29.9 Å². The highest BCUT2D eigenvalue weighted by Gasteiger charge is 2.32. The fourth-order valence-corrected chi connectivity index (χ4v) is 2.37. The van der Waals surface area contributed by atoms with Crippen molar-refractivity contribution in [3.05, 3.63) is 18.1 Å². The van der Waals surface area contributed by atoms with Gasteiger partial charge in [0.1, 0.15) is 5.52 Å². The topological polar surface area (TPSA) is 89.9 Å². The monoisotopic (exact) mass is 246 g/mol. The fraction of sp³-hybridized carbons (Fsp3) is 0.455. The molecule has 1 amide bonds. The molecule has 94 valence electrons. The van der Waals surface area contributed by atoms with E-state index < -0.39 is 0 Å². The molecule has 0 unspecified atom stereocenters. The Labute approximate surface area is 104 Å². The Bertz CT molecular complexity index is 601. The highest BCUT2D eigenvalue weighted by molar-refractivity contribution is 5.76. The molecule has 0 aliphatic carbocycles. The first kappa shape index (κ1) is 11.1. The molecule has 0 saturated carbocycles. The van der Waals surface area contributed by atoms with Gasteiger partial charge in [-0.05, 0) is 0 Å². The first-order valence-corrected chi connectivity index (χ1v) is 5.79. The van der Waals surface area contributed by atoms with E-state index in [4.69, 9.17) is 5.73 Å². The second-order valence-electron chi connectivity index (χ2n) is 4.59. The summed E-state index contributed by atoms with van der Waals surface area (Å²) in [5, 5.41) is 4.47. The molecular formula is C11H14N6O. The average Bonchev–Trinajstić information content (AvgIpc) is 2.61. The molecule has 0 aromatic carbocycles. The van der Waals surface area contributed by atoms with E-state index in [9.17, 15) is 4.79 Å². The van der Waals surface area contributed by atoms with Gasteiger partial charge >= 0.3 is 0 Å². The van der Waals surface area contributed by atoms with Gasteiger partial charge in [0, 0.05) is 38.4 Å². The number of nitrogens with two attached hydrogens (primary N) is 1. The Morgan fingerprint density at radius 1 is 1.44 bits per heavy atom. The Morgan fingerprint density at radius 2 is 2.17 bits per heavy atom. The normalized spacial score (nSPS) is 16.9. The number of likely N-dealkylation sites (tertiary alicyclic amines) is 1. The minimum Gasteiger partial charge on any atom is -0.369 e. The van der Waals surface area contributed by atoms with Gasteiger partial charge in [0.2, 0.25) is 5.91 Å².